The van der Waals surface area contributed by atoms with E-state index in [2.05, 4.69) is 5.32 Å². The van der Waals surface area contributed by atoms with Gasteiger partial charge in [-0.2, -0.15) is 5.26 Å². The van der Waals surface area contributed by atoms with Gasteiger partial charge >= 0.3 is 0 Å². The van der Waals surface area contributed by atoms with Crippen LogP contribution in [-0.4, -0.2) is 11.7 Å². The Morgan fingerprint density at radius 1 is 1.08 bits per heavy atom. The molecule has 0 aliphatic carbocycles. The molecule has 24 heavy (non-hydrogen) atoms. The first-order chi connectivity index (χ1) is 11.4. The third-order valence-electron chi connectivity index (χ3n) is 3.76. The second-order valence-corrected chi connectivity index (χ2v) is 6.08. The van der Waals surface area contributed by atoms with Gasteiger partial charge in [0.15, 0.2) is 0 Å². The van der Waals surface area contributed by atoms with Crippen LogP contribution >= 0.6 is 23.2 Å². The van der Waals surface area contributed by atoms with Gasteiger partial charge in [0.1, 0.15) is 5.92 Å². The van der Waals surface area contributed by atoms with Crippen molar-refractivity contribution in [2.45, 2.75) is 19.8 Å². The third kappa shape index (κ3) is 3.59. The minimum absolute atomic E-state index is 0.143. The first kappa shape index (κ1) is 18.0. The second kappa shape index (κ2) is 7.48. The monoisotopic (exact) mass is 360 g/mol. The molecule has 4 nitrogen and oxygen atoms in total. The van der Waals surface area contributed by atoms with Crippen molar-refractivity contribution >= 4 is 40.6 Å². The van der Waals surface area contributed by atoms with E-state index in [-0.39, 0.29) is 15.6 Å². The number of hydrogen-bond acceptors (Lipinski definition) is 3. The van der Waals surface area contributed by atoms with Crippen molar-refractivity contribution in [3.63, 3.8) is 0 Å². The number of amides is 1. The van der Waals surface area contributed by atoms with Crippen molar-refractivity contribution in [3.05, 3.63) is 63.1 Å². The lowest BCUT2D eigenvalue weighted by Gasteiger charge is -2.13. The fourth-order valence-corrected chi connectivity index (χ4v) is 2.86. The average molecular weight is 361 g/mol. The highest BCUT2D eigenvalue weighted by atomic mass is 35.5. The Labute approximate surface area is 150 Å². The number of carbonyl (C=O) groups excluding carboxylic acids is 2. The van der Waals surface area contributed by atoms with E-state index < -0.39 is 17.6 Å². The fraction of sp³-hybridized carbons (Fsp3) is 0.167. The number of carbonyl (C=O) groups is 2. The first-order valence-electron chi connectivity index (χ1n) is 7.11. The van der Waals surface area contributed by atoms with Gasteiger partial charge in [0.25, 0.3) is 5.91 Å². The first-order valence-corrected chi connectivity index (χ1v) is 7.87. The Hall–Kier alpha value is -2.35. The number of nitriles is 1. The molecule has 2 aromatic rings. The zero-order valence-corrected chi connectivity index (χ0v) is 14.6. The molecule has 0 heterocycles. The molecule has 1 amide bonds. The predicted octanol–water partition coefficient (Wildman–Crippen LogP) is 4.43. The number of Topliss-reactive ketones (excluding diaryl/α,β-unsaturated/α-hetero) is 1. The number of aryl methyl sites for hydroxylation is 1. The van der Waals surface area contributed by atoms with Gasteiger partial charge in [0, 0.05) is 21.3 Å². The van der Waals surface area contributed by atoms with Crippen LogP contribution in [0.1, 0.15) is 22.6 Å². The Morgan fingerprint density at radius 2 is 1.67 bits per heavy atom. The molecule has 0 saturated carbocycles. The standard InChI is InChI=1S/C18H14Cl2N2O2/c1-10-5-3-8-15(11(10)2)22-18(24)17(23)12(9-21)16-13(19)6-4-7-14(16)20/h3-8,12H,1-2H3,(H,22,24). The molecule has 2 aromatic carbocycles. The van der Waals surface area contributed by atoms with E-state index in [0.717, 1.165) is 11.1 Å². The largest absolute Gasteiger partial charge is 0.319 e. The van der Waals surface area contributed by atoms with Gasteiger partial charge in [-0.3, -0.25) is 9.59 Å². The Morgan fingerprint density at radius 3 is 2.25 bits per heavy atom. The number of halogens is 2. The van der Waals surface area contributed by atoms with Crippen LogP contribution in [0.2, 0.25) is 10.0 Å². The minimum atomic E-state index is -1.36. The third-order valence-corrected chi connectivity index (χ3v) is 4.42. The Kier molecular flexibility index (Phi) is 5.61. The lowest BCUT2D eigenvalue weighted by Crippen LogP contribution is -2.28. The van der Waals surface area contributed by atoms with Gasteiger partial charge in [-0.15, -0.1) is 0 Å². The van der Waals surface area contributed by atoms with Crippen molar-refractivity contribution in [1.29, 1.82) is 5.26 Å². The molecule has 2 rings (SSSR count). The van der Waals surface area contributed by atoms with Crippen molar-refractivity contribution in [2.75, 3.05) is 5.32 Å². The quantitative estimate of drug-likeness (QED) is 0.820. The summed E-state index contributed by atoms with van der Waals surface area (Å²) >= 11 is 12.1. The molecular formula is C18H14Cl2N2O2. The SMILES string of the molecule is Cc1cccc(NC(=O)C(=O)C(C#N)c2c(Cl)cccc2Cl)c1C. The highest BCUT2D eigenvalue weighted by molar-refractivity contribution is 6.44. The highest BCUT2D eigenvalue weighted by Crippen LogP contribution is 2.32. The van der Waals surface area contributed by atoms with E-state index in [4.69, 9.17) is 23.2 Å². The van der Waals surface area contributed by atoms with E-state index in [1.54, 1.807) is 18.2 Å². The summed E-state index contributed by atoms with van der Waals surface area (Å²) in [6, 6.07) is 11.8. The maximum atomic E-state index is 12.4. The number of hydrogen-bond donors (Lipinski definition) is 1. The van der Waals surface area contributed by atoms with Gasteiger partial charge < -0.3 is 5.32 Å². The summed E-state index contributed by atoms with van der Waals surface area (Å²) in [5.74, 6) is -3.16. The molecule has 0 spiro atoms. The number of nitrogens with one attached hydrogen (secondary N) is 1. The number of rotatable bonds is 4. The zero-order chi connectivity index (χ0) is 17.9. The van der Waals surface area contributed by atoms with Gasteiger partial charge in [0.05, 0.1) is 6.07 Å². The molecule has 6 heteroatoms. The highest BCUT2D eigenvalue weighted by Gasteiger charge is 2.30. The normalized spacial score (nSPS) is 11.5. The molecule has 1 N–H and O–H groups in total. The van der Waals surface area contributed by atoms with Crippen LogP contribution in [0.4, 0.5) is 5.69 Å². The van der Waals surface area contributed by atoms with Crippen LogP contribution in [-0.2, 0) is 9.59 Å². The molecule has 0 bridgehead atoms. The molecule has 122 valence electrons. The summed E-state index contributed by atoms with van der Waals surface area (Å²) in [7, 11) is 0. The molecule has 1 unspecified atom stereocenters. The summed E-state index contributed by atoms with van der Waals surface area (Å²) in [6.45, 7) is 3.73. The van der Waals surface area contributed by atoms with Crippen molar-refractivity contribution in [1.82, 2.24) is 0 Å². The lowest BCUT2D eigenvalue weighted by atomic mass is 9.95. The molecule has 0 aliphatic heterocycles. The summed E-state index contributed by atoms with van der Waals surface area (Å²) in [5.41, 5.74) is 2.49. The topological polar surface area (TPSA) is 70.0 Å². The van der Waals surface area contributed by atoms with Crippen molar-refractivity contribution < 1.29 is 9.59 Å². The molecular weight excluding hydrogens is 347 g/mol. The summed E-state index contributed by atoms with van der Waals surface area (Å²) in [5, 5.41) is 12.2. The van der Waals surface area contributed by atoms with Gasteiger partial charge in [-0.05, 0) is 43.2 Å². The zero-order valence-electron chi connectivity index (χ0n) is 13.1. The van der Waals surface area contributed by atoms with Crippen molar-refractivity contribution in [2.24, 2.45) is 0 Å². The summed E-state index contributed by atoms with van der Waals surface area (Å²) < 4.78 is 0. The average Bonchev–Trinajstić information content (AvgIpc) is 2.54. The summed E-state index contributed by atoms with van der Waals surface area (Å²) in [6.07, 6.45) is 0. The lowest BCUT2D eigenvalue weighted by molar-refractivity contribution is -0.135. The van der Waals surface area contributed by atoms with Crippen LogP contribution in [0.5, 0.6) is 0 Å². The fourth-order valence-electron chi connectivity index (χ4n) is 2.24. The smallest absolute Gasteiger partial charge is 0.293 e. The number of nitrogens with zero attached hydrogens (tertiary/aromatic N) is 1. The van der Waals surface area contributed by atoms with Crippen molar-refractivity contribution in [3.8, 4) is 6.07 Å². The number of anilines is 1. The Balaban J connectivity index is 2.31. The molecule has 0 fully saturated rings. The number of ketones is 1. The van der Waals surface area contributed by atoms with Gasteiger partial charge in [-0.25, -0.2) is 0 Å². The van der Waals surface area contributed by atoms with Gasteiger partial charge in [0.2, 0.25) is 5.78 Å². The van der Waals surface area contributed by atoms with E-state index in [9.17, 15) is 14.9 Å². The molecule has 1 atom stereocenters. The van der Waals surface area contributed by atoms with Crippen LogP contribution < -0.4 is 5.32 Å². The molecule has 0 radical (unpaired) electrons. The second-order valence-electron chi connectivity index (χ2n) is 5.26. The van der Waals surface area contributed by atoms with E-state index in [1.807, 2.05) is 26.0 Å². The van der Waals surface area contributed by atoms with E-state index in [0.29, 0.717) is 5.69 Å². The van der Waals surface area contributed by atoms with Crippen LogP contribution in [0.25, 0.3) is 0 Å². The van der Waals surface area contributed by atoms with Crippen LogP contribution in [0.15, 0.2) is 36.4 Å². The maximum absolute atomic E-state index is 12.4. The van der Waals surface area contributed by atoms with Crippen LogP contribution in [0.3, 0.4) is 0 Å². The molecule has 0 aliphatic rings. The summed E-state index contributed by atoms with van der Waals surface area (Å²) in [4.78, 5) is 24.7. The minimum Gasteiger partial charge on any atom is -0.319 e. The maximum Gasteiger partial charge on any atom is 0.293 e. The predicted molar refractivity (Wildman–Crippen MR) is 94.4 cm³/mol. The Bertz CT molecular complexity index is 836. The molecule has 0 aromatic heterocycles. The van der Waals surface area contributed by atoms with E-state index >= 15 is 0 Å². The molecule has 0 saturated heterocycles. The number of benzene rings is 2. The van der Waals surface area contributed by atoms with Crippen LogP contribution in [0, 0.1) is 25.2 Å². The van der Waals surface area contributed by atoms with E-state index in [1.165, 1.54) is 12.1 Å². The van der Waals surface area contributed by atoms with Gasteiger partial charge in [-0.1, -0.05) is 41.4 Å².